The first-order valence-electron chi connectivity index (χ1n) is 5.97. The third-order valence-electron chi connectivity index (χ3n) is 3.27. The van der Waals surface area contributed by atoms with Crippen LogP contribution in [0.2, 0.25) is 0 Å². The van der Waals surface area contributed by atoms with E-state index in [1.54, 1.807) is 0 Å². The normalized spacial score (nSPS) is 25.1. The predicted octanol–water partition coefficient (Wildman–Crippen LogP) is 1.83. The number of fused-ring (bicyclic) bond motifs is 1. The summed E-state index contributed by atoms with van der Waals surface area (Å²) in [7, 11) is 0. The van der Waals surface area contributed by atoms with Gasteiger partial charge in [-0.15, -0.1) is 0 Å². The van der Waals surface area contributed by atoms with E-state index in [-0.39, 0.29) is 0 Å². The zero-order chi connectivity index (χ0) is 10.8. The van der Waals surface area contributed by atoms with E-state index in [9.17, 15) is 0 Å². The lowest BCUT2D eigenvalue weighted by Gasteiger charge is -2.30. The molecule has 1 aromatic rings. The fraction of sp³-hybridized carbons (Fsp3) is 0.538. The van der Waals surface area contributed by atoms with Gasteiger partial charge < -0.3 is 14.8 Å². The molecule has 0 amide bonds. The van der Waals surface area contributed by atoms with Gasteiger partial charge in [0.25, 0.3) is 0 Å². The first kappa shape index (κ1) is 10.1. The lowest BCUT2D eigenvalue weighted by atomic mass is 10.1. The second-order valence-electron chi connectivity index (χ2n) is 4.49. The molecule has 1 saturated heterocycles. The fourth-order valence-electron chi connectivity index (χ4n) is 2.23. The van der Waals surface area contributed by atoms with Crippen LogP contribution in [0.25, 0.3) is 0 Å². The second-order valence-corrected chi connectivity index (χ2v) is 4.49. The highest BCUT2D eigenvalue weighted by molar-refractivity contribution is 5.52. The number of para-hydroxylation sites is 1. The molecule has 0 spiro atoms. The molecule has 1 fully saturated rings. The number of aryl methyl sites for hydroxylation is 1. The van der Waals surface area contributed by atoms with Crippen LogP contribution in [-0.2, 0) is 15.9 Å². The molecule has 1 atom stereocenters. The molecule has 2 aliphatic heterocycles. The summed E-state index contributed by atoms with van der Waals surface area (Å²) in [6.07, 6.45) is 2.84. The van der Waals surface area contributed by atoms with Crippen molar-refractivity contribution >= 4 is 5.69 Å². The summed E-state index contributed by atoms with van der Waals surface area (Å²) in [5.74, 6) is 0. The van der Waals surface area contributed by atoms with E-state index < -0.39 is 0 Å². The summed E-state index contributed by atoms with van der Waals surface area (Å²) in [5.41, 5.74) is 2.66. The van der Waals surface area contributed by atoms with E-state index in [1.807, 2.05) is 0 Å². The van der Waals surface area contributed by atoms with Crippen molar-refractivity contribution in [2.24, 2.45) is 0 Å². The van der Waals surface area contributed by atoms with E-state index in [4.69, 9.17) is 9.47 Å². The summed E-state index contributed by atoms with van der Waals surface area (Å²) >= 11 is 0. The van der Waals surface area contributed by atoms with E-state index in [1.165, 1.54) is 11.3 Å². The Kier molecular flexibility index (Phi) is 2.80. The van der Waals surface area contributed by atoms with Gasteiger partial charge in [-0.1, -0.05) is 18.2 Å². The van der Waals surface area contributed by atoms with Crippen LogP contribution in [0.4, 0.5) is 5.69 Å². The Bertz CT molecular complexity index is 336. The van der Waals surface area contributed by atoms with Crippen molar-refractivity contribution in [1.82, 2.24) is 0 Å². The number of hydrogen-bond donors (Lipinski definition) is 1. The standard InChI is InChI=1S/C13H17NO2/c1-2-4-13-10(3-1)5-6-11(7-14-13)16-12-8-15-9-12/h1-4,11-12,14H,5-9H2. The van der Waals surface area contributed by atoms with Crippen LogP contribution in [0, 0.1) is 0 Å². The van der Waals surface area contributed by atoms with Crippen molar-refractivity contribution in [3.05, 3.63) is 29.8 Å². The Morgan fingerprint density at radius 3 is 2.88 bits per heavy atom. The monoisotopic (exact) mass is 219 g/mol. The van der Waals surface area contributed by atoms with Gasteiger partial charge >= 0.3 is 0 Å². The molecule has 1 unspecified atom stereocenters. The van der Waals surface area contributed by atoms with Crippen LogP contribution in [0.5, 0.6) is 0 Å². The van der Waals surface area contributed by atoms with Crippen molar-refractivity contribution in [3.8, 4) is 0 Å². The van der Waals surface area contributed by atoms with Gasteiger partial charge in [-0.3, -0.25) is 0 Å². The van der Waals surface area contributed by atoms with Gasteiger partial charge in [-0.05, 0) is 24.5 Å². The minimum atomic E-state index is 0.321. The minimum absolute atomic E-state index is 0.321. The number of rotatable bonds is 2. The first-order chi connectivity index (χ1) is 7.92. The Balaban J connectivity index is 1.62. The van der Waals surface area contributed by atoms with Gasteiger partial charge in [0.2, 0.25) is 0 Å². The highest BCUT2D eigenvalue weighted by Crippen LogP contribution is 2.23. The third kappa shape index (κ3) is 2.06. The first-order valence-corrected chi connectivity index (χ1v) is 5.97. The smallest absolute Gasteiger partial charge is 0.105 e. The number of anilines is 1. The molecule has 0 saturated carbocycles. The van der Waals surface area contributed by atoms with Gasteiger partial charge in [-0.25, -0.2) is 0 Å². The molecule has 0 radical (unpaired) electrons. The Morgan fingerprint density at radius 2 is 2.06 bits per heavy atom. The maximum absolute atomic E-state index is 5.95. The van der Waals surface area contributed by atoms with E-state index >= 15 is 0 Å². The average molecular weight is 219 g/mol. The maximum Gasteiger partial charge on any atom is 0.105 e. The SMILES string of the molecule is c1ccc2c(c1)CCC(OC1COC1)CN2. The zero-order valence-electron chi connectivity index (χ0n) is 9.32. The molecule has 0 bridgehead atoms. The van der Waals surface area contributed by atoms with Crippen molar-refractivity contribution in [2.75, 3.05) is 25.1 Å². The molecule has 16 heavy (non-hydrogen) atoms. The predicted molar refractivity (Wildman–Crippen MR) is 62.7 cm³/mol. The van der Waals surface area contributed by atoms with Crippen LogP contribution in [0.3, 0.4) is 0 Å². The minimum Gasteiger partial charge on any atom is -0.382 e. The summed E-state index contributed by atoms with van der Waals surface area (Å²) in [5, 5.41) is 3.46. The zero-order valence-corrected chi connectivity index (χ0v) is 9.32. The molecule has 0 aromatic heterocycles. The van der Waals surface area contributed by atoms with Crippen molar-refractivity contribution in [2.45, 2.75) is 25.0 Å². The topological polar surface area (TPSA) is 30.5 Å². The summed E-state index contributed by atoms with van der Waals surface area (Å²) in [4.78, 5) is 0. The second kappa shape index (κ2) is 4.44. The van der Waals surface area contributed by atoms with Crippen molar-refractivity contribution in [3.63, 3.8) is 0 Å². The molecular weight excluding hydrogens is 202 g/mol. The number of nitrogens with one attached hydrogen (secondary N) is 1. The third-order valence-corrected chi connectivity index (χ3v) is 3.27. The van der Waals surface area contributed by atoms with Crippen molar-refractivity contribution < 1.29 is 9.47 Å². The van der Waals surface area contributed by atoms with Crippen LogP contribution in [-0.4, -0.2) is 32.0 Å². The molecule has 1 N–H and O–H groups in total. The quantitative estimate of drug-likeness (QED) is 0.823. The number of ether oxygens (including phenoxy) is 2. The van der Waals surface area contributed by atoms with Gasteiger partial charge in [0.05, 0.1) is 19.3 Å². The molecule has 0 aliphatic carbocycles. The Hall–Kier alpha value is -1.06. The lowest BCUT2D eigenvalue weighted by molar-refractivity contribution is -0.152. The highest BCUT2D eigenvalue weighted by Gasteiger charge is 2.24. The molecule has 3 nitrogen and oxygen atoms in total. The molecule has 2 heterocycles. The van der Waals surface area contributed by atoms with Crippen LogP contribution >= 0.6 is 0 Å². The average Bonchev–Trinajstić information content (AvgIpc) is 2.46. The number of benzene rings is 1. The lowest BCUT2D eigenvalue weighted by Crippen LogP contribution is -2.40. The molecule has 86 valence electrons. The van der Waals surface area contributed by atoms with Crippen LogP contribution in [0.15, 0.2) is 24.3 Å². The van der Waals surface area contributed by atoms with Gasteiger partial charge in [0.1, 0.15) is 6.10 Å². The molecule has 3 heteroatoms. The fourth-order valence-corrected chi connectivity index (χ4v) is 2.23. The maximum atomic E-state index is 5.95. The van der Waals surface area contributed by atoms with E-state index in [0.717, 1.165) is 32.6 Å². The number of hydrogen-bond acceptors (Lipinski definition) is 3. The molecule has 1 aromatic carbocycles. The summed E-state index contributed by atoms with van der Waals surface area (Å²) in [6.45, 7) is 2.44. The highest BCUT2D eigenvalue weighted by atomic mass is 16.6. The van der Waals surface area contributed by atoms with E-state index in [2.05, 4.69) is 29.6 Å². The van der Waals surface area contributed by atoms with E-state index in [0.29, 0.717) is 12.2 Å². The molecule has 2 aliphatic rings. The Labute approximate surface area is 95.8 Å². The summed E-state index contributed by atoms with van der Waals surface area (Å²) < 4.78 is 11.1. The summed E-state index contributed by atoms with van der Waals surface area (Å²) in [6, 6.07) is 8.51. The van der Waals surface area contributed by atoms with Crippen LogP contribution < -0.4 is 5.32 Å². The van der Waals surface area contributed by atoms with Gasteiger partial charge in [-0.2, -0.15) is 0 Å². The molecular formula is C13H17NO2. The Morgan fingerprint density at radius 1 is 1.19 bits per heavy atom. The van der Waals surface area contributed by atoms with Crippen LogP contribution in [0.1, 0.15) is 12.0 Å². The van der Waals surface area contributed by atoms with Gasteiger partial charge in [0, 0.05) is 12.2 Å². The van der Waals surface area contributed by atoms with Crippen molar-refractivity contribution in [1.29, 1.82) is 0 Å². The van der Waals surface area contributed by atoms with Gasteiger partial charge in [0.15, 0.2) is 0 Å². The molecule has 3 rings (SSSR count). The largest absolute Gasteiger partial charge is 0.382 e.